The number of rotatable bonds is 6. The third-order valence-electron chi connectivity index (χ3n) is 3.27. The van der Waals surface area contributed by atoms with Gasteiger partial charge in [0.25, 0.3) is 0 Å². The largest absolute Gasteiger partial charge is 1.00 e. The van der Waals surface area contributed by atoms with E-state index < -0.39 is 0 Å². The monoisotopic (exact) mass is 260 g/mol. The molecule has 0 N–H and O–H groups in total. The van der Waals surface area contributed by atoms with Gasteiger partial charge >= 0.3 is 29.6 Å². The summed E-state index contributed by atoms with van der Waals surface area (Å²) < 4.78 is 0. The van der Waals surface area contributed by atoms with Crippen LogP contribution in [0.1, 0.15) is 43.7 Å². The van der Waals surface area contributed by atoms with E-state index in [1.165, 1.54) is 42.7 Å². The molecule has 2 rings (SSSR count). The molecule has 1 heteroatoms. The van der Waals surface area contributed by atoms with Gasteiger partial charge in [-0.25, -0.2) is 0 Å². The van der Waals surface area contributed by atoms with Gasteiger partial charge < -0.3 is 0 Å². The molecule has 0 unspecified atom stereocenters. The van der Waals surface area contributed by atoms with E-state index in [9.17, 15) is 0 Å². The molecule has 19 heavy (non-hydrogen) atoms. The van der Waals surface area contributed by atoms with Crippen molar-refractivity contribution < 1.29 is 29.6 Å². The second-order valence-corrected chi connectivity index (χ2v) is 4.67. The van der Waals surface area contributed by atoms with E-state index in [-0.39, 0.29) is 29.6 Å². The Morgan fingerprint density at radius 2 is 1.21 bits per heavy atom. The molecule has 0 aliphatic heterocycles. The van der Waals surface area contributed by atoms with Gasteiger partial charge in [-0.05, 0) is 0 Å². The topological polar surface area (TPSA) is 0 Å². The van der Waals surface area contributed by atoms with Gasteiger partial charge in [0.2, 0.25) is 0 Å². The van der Waals surface area contributed by atoms with Crippen LogP contribution in [0.3, 0.4) is 0 Å². The number of benzene rings is 2. The van der Waals surface area contributed by atoms with Gasteiger partial charge in [-0.3, -0.25) is 0 Å². The van der Waals surface area contributed by atoms with Gasteiger partial charge in [0.05, 0.1) is 0 Å². The fraction of sp³-hybridized carbons (Fsp3) is 0.278. The summed E-state index contributed by atoms with van der Waals surface area (Å²) in [7, 11) is 0. The Labute approximate surface area is 139 Å². The normalized spacial score (nSPS) is 9.74. The van der Waals surface area contributed by atoms with Crippen LogP contribution in [-0.4, -0.2) is 0 Å². The number of hydrogen-bond donors (Lipinski definition) is 0. The molecule has 0 atom stereocenters. The summed E-state index contributed by atoms with van der Waals surface area (Å²) in [5.41, 5.74) is 2.72. The Morgan fingerprint density at radius 3 is 1.63 bits per heavy atom. The molecular weight excluding hydrogens is 239 g/mol. The number of unbranched alkanes of at least 4 members (excludes halogenated alkanes) is 2. The maximum absolute atomic E-state index is 2.25. The molecule has 0 radical (unpaired) electrons. The van der Waals surface area contributed by atoms with Gasteiger partial charge in [0.15, 0.2) is 0 Å². The first kappa shape index (κ1) is 16.4. The van der Waals surface area contributed by atoms with Crippen LogP contribution >= 0.6 is 0 Å². The van der Waals surface area contributed by atoms with E-state index in [0.29, 0.717) is 0 Å². The second kappa shape index (κ2) is 9.25. The molecule has 0 aliphatic carbocycles. The fourth-order valence-electron chi connectivity index (χ4n) is 2.29. The van der Waals surface area contributed by atoms with E-state index in [1.807, 2.05) is 0 Å². The molecule has 0 amide bonds. The molecule has 0 heterocycles. The first-order valence-electron chi connectivity index (χ1n) is 6.88. The molecule has 2 aromatic carbocycles. The van der Waals surface area contributed by atoms with Crippen LogP contribution in [0.2, 0.25) is 0 Å². The maximum atomic E-state index is 2.25. The summed E-state index contributed by atoms with van der Waals surface area (Å²) in [6.07, 6.45) is 5.03. The Hall–Kier alpha value is -0.690. The standard InChI is InChI=1S/C18H21.Na/c1-2-3-6-15-18(16-11-7-4-8-12-16)17-13-9-5-10-14-17;/h4-5,7-14H,2-3,6,15H2,1H3;/q-1;+1. The zero-order chi connectivity index (χ0) is 12.6. The van der Waals surface area contributed by atoms with E-state index in [0.717, 1.165) is 0 Å². The smallest absolute Gasteiger partial charge is 0.120 e. The van der Waals surface area contributed by atoms with Gasteiger partial charge in [-0.2, -0.15) is 0 Å². The third-order valence-corrected chi connectivity index (χ3v) is 3.27. The van der Waals surface area contributed by atoms with Crippen molar-refractivity contribution in [2.24, 2.45) is 0 Å². The summed E-state index contributed by atoms with van der Waals surface area (Å²) in [5.74, 6) is 1.48. The van der Waals surface area contributed by atoms with Gasteiger partial charge in [0.1, 0.15) is 0 Å². The van der Waals surface area contributed by atoms with Crippen LogP contribution in [0.5, 0.6) is 0 Å². The van der Waals surface area contributed by atoms with Crippen LogP contribution in [0, 0.1) is 5.92 Å². The van der Waals surface area contributed by atoms with E-state index >= 15 is 0 Å². The van der Waals surface area contributed by atoms with Gasteiger partial charge in [0, 0.05) is 0 Å². The fourth-order valence-corrected chi connectivity index (χ4v) is 2.29. The van der Waals surface area contributed by atoms with Crippen LogP contribution in [0.15, 0.2) is 60.7 Å². The van der Waals surface area contributed by atoms with Gasteiger partial charge in [-0.15, -0.1) is 41.3 Å². The first-order valence-corrected chi connectivity index (χ1v) is 6.88. The summed E-state index contributed by atoms with van der Waals surface area (Å²) in [4.78, 5) is 0. The minimum absolute atomic E-state index is 0. The molecule has 0 saturated heterocycles. The quantitative estimate of drug-likeness (QED) is 0.424. The predicted molar refractivity (Wildman–Crippen MR) is 78.5 cm³/mol. The molecular formula is C18H21Na. The molecule has 94 valence electrons. The van der Waals surface area contributed by atoms with Crippen LogP contribution < -0.4 is 29.6 Å². The van der Waals surface area contributed by atoms with Crippen molar-refractivity contribution in [1.29, 1.82) is 0 Å². The predicted octanol–water partition coefficient (Wildman–Crippen LogP) is 2.24. The van der Waals surface area contributed by atoms with Crippen molar-refractivity contribution in [3.05, 3.63) is 77.7 Å². The molecule has 0 fully saturated rings. The zero-order valence-corrected chi connectivity index (χ0v) is 14.1. The van der Waals surface area contributed by atoms with Crippen molar-refractivity contribution in [3.8, 4) is 0 Å². The van der Waals surface area contributed by atoms with E-state index in [4.69, 9.17) is 0 Å². The Balaban J connectivity index is 0.00000180. The molecule has 0 spiro atoms. The van der Waals surface area contributed by atoms with Crippen molar-refractivity contribution in [3.63, 3.8) is 0 Å². The van der Waals surface area contributed by atoms with Gasteiger partial charge in [-0.1, -0.05) is 69.0 Å². The van der Waals surface area contributed by atoms with Crippen molar-refractivity contribution >= 4 is 0 Å². The van der Waals surface area contributed by atoms with Crippen LogP contribution in [0.4, 0.5) is 0 Å². The van der Waals surface area contributed by atoms with E-state index in [2.05, 4.69) is 67.6 Å². The molecule has 0 nitrogen and oxygen atoms in total. The zero-order valence-electron chi connectivity index (χ0n) is 12.1. The minimum atomic E-state index is 0. The molecule has 0 aliphatic rings. The number of hydrogen-bond acceptors (Lipinski definition) is 0. The summed E-state index contributed by atoms with van der Waals surface area (Å²) >= 11 is 0. The van der Waals surface area contributed by atoms with Crippen LogP contribution in [0.25, 0.3) is 0 Å². The average molecular weight is 260 g/mol. The molecule has 0 saturated carbocycles. The van der Waals surface area contributed by atoms with Crippen molar-refractivity contribution in [1.82, 2.24) is 0 Å². The summed E-state index contributed by atoms with van der Waals surface area (Å²) in [5, 5.41) is 0. The Kier molecular flexibility index (Phi) is 7.97. The first-order chi connectivity index (χ1) is 8.92. The Morgan fingerprint density at radius 1 is 0.737 bits per heavy atom. The average Bonchev–Trinajstić information content (AvgIpc) is 2.46. The molecule has 0 bridgehead atoms. The SMILES string of the molecule is CCCCC[C-](c1ccccc1)c1ccccc1.[Na+]. The van der Waals surface area contributed by atoms with E-state index in [1.54, 1.807) is 0 Å². The second-order valence-electron chi connectivity index (χ2n) is 4.67. The maximum Gasteiger partial charge on any atom is 1.00 e. The Bertz CT molecular complexity index is 396. The summed E-state index contributed by atoms with van der Waals surface area (Å²) in [6.45, 7) is 2.25. The van der Waals surface area contributed by atoms with Crippen molar-refractivity contribution in [2.75, 3.05) is 0 Å². The summed E-state index contributed by atoms with van der Waals surface area (Å²) in [6, 6.07) is 21.5. The molecule has 0 aromatic heterocycles. The van der Waals surface area contributed by atoms with Crippen molar-refractivity contribution in [2.45, 2.75) is 32.6 Å². The molecule has 2 aromatic rings. The third kappa shape index (κ3) is 5.06. The minimum Gasteiger partial charge on any atom is -0.120 e. The van der Waals surface area contributed by atoms with Crippen LogP contribution in [-0.2, 0) is 0 Å².